The number of allylic oxidation sites excluding steroid dienone is 3. The quantitative estimate of drug-likeness (QED) is 0.676. The Labute approximate surface area is 195 Å². The Balaban J connectivity index is 1.18. The molecule has 0 aromatic heterocycles. The first-order chi connectivity index (χ1) is 15.7. The number of nitrogens with zero attached hydrogens (tertiary/aromatic N) is 3. The lowest BCUT2D eigenvalue weighted by molar-refractivity contribution is -0.137. The standard InChI is InChI=1S/C23H27F3N4O2S/c1-28-18-6-3-7-19(31)22(18)33-21(28)8-9-27-20(32)15-29-10-12-30(13-11-29)17-5-2-4-16(14-17)23(24,25)26/h2-6,14,21H,7-13,15H2,1H3,(H,27,32). The van der Waals surface area contributed by atoms with E-state index in [2.05, 4.69) is 10.2 Å². The van der Waals surface area contributed by atoms with Gasteiger partial charge in [0, 0.05) is 51.9 Å². The lowest BCUT2D eigenvalue weighted by Gasteiger charge is -2.36. The van der Waals surface area contributed by atoms with Crippen molar-refractivity contribution in [1.29, 1.82) is 0 Å². The minimum absolute atomic E-state index is 0.0677. The molecule has 0 radical (unpaired) electrons. The van der Waals surface area contributed by atoms with Crippen molar-refractivity contribution in [2.24, 2.45) is 0 Å². The highest BCUT2D eigenvalue weighted by Crippen LogP contribution is 2.41. The van der Waals surface area contributed by atoms with Crippen LogP contribution < -0.4 is 10.2 Å². The zero-order chi connectivity index (χ0) is 23.6. The van der Waals surface area contributed by atoms with Crippen LogP contribution in [0.3, 0.4) is 0 Å². The molecule has 0 bridgehead atoms. The van der Waals surface area contributed by atoms with Crippen LogP contribution in [0.1, 0.15) is 18.4 Å². The van der Waals surface area contributed by atoms with E-state index in [0.29, 0.717) is 44.8 Å². The molecule has 1 unspecified atom stereocenters. The highest BCUT2D eigenvalue weighted by atomic mass is 32.2. The molecular weight excluding hydrogens is 453 g/mol. The van der Waals surface area contributed by atoms with Gasteiger partial charge in [0.2, 0.25) is 5.91 Å². The SMILES string of the molecule is CN1C2=C(SC1CCNC(=O)CN1CCN(c3cccc(C(F)(F)F)c3)CC1)C(=O)CC=C2. The van der Waals surface area contributed by atoms with E-state index in [0.717, 1.165) is 23.1 Å². The zero-order valence-corrected chi connectivity index (χ0v) is 19.2. The molecular formula is C23H27F3N4O2S. The summed E-state index contributed by atoms with van der Waals surface area (Å²) < 4.78 is 38.9. The second-order valence-electron chi connectivity index (χ2n) is 8.38. The molecule has 0 spiro atoms. The van der Waals surface area contributed by atoms with Crippen LogP contribution in [-0.4, -0.2) is 73.2 Å². The van der Waals surface area contributed by atoms with Crippen molar-refractivity contribution >= 4 is 29.1 Å². The molecule has 0 saturated carbocycles. The number of alkyl halides is 3. The number of thioether (sulfide) groups is 1. The minimum Gasteiger partial charge on any atom is -0.369 e. The molecule has 1 aromatic carbocycles. The van der Waals surface area contributed by atoms with E-state index in [1.807, 2.05) is 29.0 Å². The lowest BCUT2D eigenvalue weighted by Crippen LogP contribution is -2.49. The summed E-state index contributed by atoms with van der Waals surface area (Å²) in [5.74, 6) is 0.0852. The zero-order valence-electron chi connectivity index (χ0n) is 18.4. The van der Waals surface area contributed by atoms with Crippen LogP contribution in [0.25, 0.3) is 0 Å². The van der Waals surface area contributed by atoms with Gasteiger partial charge in [-0.05, 0) is 30.7 Å². The van der Waals surface area contributed by atoms with E-state index in [1.54, 1.807) is 17.8 Å². The summed E-state index contributed by atoms with van der Waals surface area (Å²) in [7, 11) is 1.97. The number of Topliss-reactive ketones (excluding diaryl/α,β-unsaturated/α-hetero) is 1. The molecule has 1 atom stereocenters. The Kier molecular flexibility index (Phi) is 7.04. The second-order valence-corrected chi connectivity index (χ2v) is 9.57. The smallest absolute Gasteiger partial charge is 0.369 e. The Bertz CT molecular complexity index is 971. The number of likely N-dealkylation sites (N-methyl/N-ethyl adjacent to an activating group) is 1. The first kappa shape index (κ1) is 23.7. The van der Waals surface area contributed by atoms with Crippen LogP contribution in [-0.2, 0) is 15.8 Å². The molecule has 1 aromatic rings. The van der Waals surface area contributed by atoms with E-state index in [1.165, 1.54) is 12.1 Å². The van der Waals surface area contributed by atoms with E-state index < -0.39 is 11.7 Å². The number of ketones is 1. The number of rotatable bonds is 6. The average molecular weight is 481 g/mol. The van der Waals surface area contributed by atoms with Crippen LogP contribution in [0.15, 0.2) is 47.0 Å². The summed E-state index contributed by atoms with van der Waals surface area (Å²) >= 11 is 1.57. The Morgan fingerprint density at radius 2 is 1.97 bits per heavy atom. The summed E-state index contributed by atoms with van der Waals surface area (Å²) in [5, 5.41) is 3.08. The van der Waals surface area contributed by atoms with Crippen molar-refractivity contribution in [1.82, 2.24) is 15.1 Å². The number of hydrogen-bond donors (Lipinski definition) is 1. The molecule has 3 aliphatic rings. The largest absolute Gasteiger partial charge is 0.416 e. The Morgan fingerprint density at radius 1 is 1.21 bits per heavy atom. The highest BCUT2D eigenvalue weighted by Gasteiger charge is 2.33. The molecule has 1 fully saturated rings. The van der Waals surface area contributed by atoms with Gasteiger partial charge in [-0.15, -0.1) is 0 Å². The summed E-state index contributed by atoms with van der Waals surface area (Å²) in [5.41, 5.74) is 0.868. The molecule has 33 heavy (non-hydrogen) atoms. The van der Waals surface area contributed by atoms with Gasteiger partial charge in [-0.3, -0.25) is 14.5 Å². The molecule has 1 saturated heterocycles. The van der Waals surface area contributed by atoms with E-state index in [-0.39, 0.29) is 23.6 Å². The number of carbonyl (C=O) groups is 2. The third-order valence-electron chi connectivity index (χ3n) is 6.12. The molecule has 1 N–H and O–H groups in total. The normalized spacial score (nSPS) is 21.6. The molecule has 1 amide bonds. The van der Waals surface area contributed by atoms with Crippen molar-refractivity contribution in [3.63, 3.8) is 0 Å². The van der Waals surface area contributed by atoms with Gasteiger partial charge < -0.3 is 15.1 Å². The van der Waals surface area contributed by atoms with Gasteiger partial charge in [-0.25, -0.2) is 0 Å². The second kappa shape index (κ2) is 9.80. The van der Waals surface area contributed by atoms with Gasteiger partial charge >= 0.3 is 6.18 Å². The molecule has 2 aliphatic heterocycles. The topological polar surface area (TPSA) is 55.9 Å². The third-order valence-corrected chi connectivity index (χ3v) is 7.62. The predicted octanol–water partition coefficient (Wildman–Crippen LogP) is 3.08. The summed E-state index contributed by atoms with van der Waals surface area (Å²) in [6.45, 7) is 3.13. The van der Waals surface area contributed by atoms with E-state index in [4.69, 9.17) is 0 Å². The summed E-state index contributed by atoms with van der Waals surface area (Å²) in [6.07, 6.45) is 0.689. The first-order valence-corrected chi connectivity index (χ1v) is 11.8. The van der Waals surface area contributed by atoms with Crippen molar-refractivity contribution in [2.75, 3.05) is 51.2 Å². The van der Waals surface area contributed by atoms with E-state index in [9.17, 15) is 22.8 Å². The third kappa shape index (κ3) is 5.55. The van der Waals surface area contributed by atoms with Gasteiger partial charge in [-0.1, -0.05) is 23.9 Å². The van der Waals surface area contributed by atoms with Crippen molar-refractivity contribution < 1.29 is 22.8 Å². The van der Waals surface area contributed by atoms with Gasteiger partial charge in [-0.2, -0.15) is 13.2 Å². The monoisotopic (exact) mass is 480 g/mol. The molecule has 4 rings (SSSR count). The number of carbonyl (C=O) groups excluding carboxylic acids is 2. The summed E-state index contributed by atoms with van der Waals surface area (Å²) in [4.78, 5) is 31.3. The van der Waals surface area contributed by atoms with Crippen molar-refractivity contribution in [3.8, 4) is 0 Å². The van der Waals surface area contributed by atoms with Crippen LogP contribution in [0, 0.1) is 0 Å². The number of piperazine rings is 1. The van der Waals surface area contributed by atoms with Gasteiger partial charge in [0.15, 0.2) is 5.78 Å². The number of halogens is 3. The van der Waals surface area contributed by atoms with E-state index >= 15 is 0 Å². The number of amides is 1. The molecule has 10 heteroatoms. The number of benzene rings is 1. The highest BCUT2D eigenvalue weighted by molar-refractivity contribution is 8.04. The summed E-state index contributed by atoms with van der Waals surface area (Å²) in [6, 6.07) is 5.37. The lowest BCUT2D eigenvalue weighted by atomic mass is 10.1. The number of nitrogens with one attached hydrogen (secondary N) is 1. The Morgan fingerprint density at radius 3 is 2.67 bits per heavy atom. The molecule has 178 valence electrons. The van der Waals surface area contributed by atoms with Crippen LogP contribution in [0.2, 0.25) is 0 Å². The molecule has 1 aliphatic carbocycles. The first-order valence-electron chi connectivity index (χ1n) is 11.0. The van der Waals surface area contributed by atoms with Crippen molar-refractivity contribution in [3.05, 3.63) is 52.6 Å². The van der Waals surface area contributed by atoms with Gasteiger partial charge in [0.25, 0.3) is 0 Å². The molecule has 6 nitrogen and oxygen atoms in total. The maximum absolute atomic E-state index is 13.0. The maximum Gasteiger partial charge on any atom is 0.416 e. The van der Waals surface area contributed by atoms with Crippen LogP contribution >= 0.6 is 11.8 Å². The van der Waals surface area contributed by atoms with Gasteiger partial charge in [0.05, 0.1) is 28.1 Å². The maximum atomic E-state index is 13.0. The predicted molar refractivity (Wildman–Crippen MR) is 123 cm³/mol. The van der Waals surface area contributed by atoms with Crippen LogP contribution in [0.4, 0.5) is 18.9 Å². The van der Waals surface area contributed by atoms with Gasteiger partial charge in [0.1, 0.15) is 0 Å². The number of hydrogen-bond acceptors (Lipinski definition) is 6. The minimum atomic E-state index is -4.36. The fraction of sp³-hybridized carbons (Fsp3) is 0.478. The fourth-order valence-corrected chi connectivity index (χ4v) is 5.58. The number of anilines is 1. The average Bonchev–Trinajstić information content (AvgIpc) is 3.11. The van der Waals surface area contributed by atoms with Crippen LogP contribution in [0.5, 0.6) is 0 Å². The molecule has 2 heterocycles. The fourth-order valence-electron chi connectivity index (χ4n) is 4.25. The van der Waals surface area contributed by atoms with Crippen molar-refractivity contribution in [2.45, 2.75) is 24.4 Å². The Hall–Kier alpha value is -2.46.